The van der Waals surface area contributed by atoms with Gasteiger partial charge < -0.3 is 4.74 Å². The molecule has 1 aromatic heterocycles. The summed E-state index contributed by atoms with van der Waals surface area (Å²) in [6, 6.07) is 9.43. The molecule has 24 heavy (non-hydrogen) atoms. The number of benzene rings is 1. The molecule has 1 aromatic carbocycles. The Morgan fingerprint density at radius 3 is 2.88 bits per heavy atom. The van der Waals surface area contributed by atoms with Crippen molar-refractivity contribution in [1.82, 2.24) is 14.8 Å². The van der Waals surface area contributed by atoms with E-state index in [1.54, 1.807) is 12.1 Å². The van der Waals surface area contributed by atoms with Crippen molar-refractivity contribution < 1.29 is 9.13 Å². The Morgan fingerprint density at radius 1 is 1.12 bits per heavy atom. The maximum Gasteiger partial charge on any atom is 0.123 e. The number of hydrogen-bond acceptors (Lipinski definition) is 4. The third-order valence-corrected chi connectivity index (χ3v) is 5.14. The lowest BCUT2D eigenvalue weighted by molar-refractivity contribution is -0.00370. The zero-order valence-corrected chi connectivity index (χ0v) is 14.0. The van der Waals surface area contributed by atoms with Gasteiger partial charge in [0.15, 0.2) is 0 Å². The van der Waals surface area contributed by atoms with E-state index in [-0.39, 0.29) is 5.82 Å². The standard InChI is InChI=1S/C19H24FN3O/c20-16-4-6-19-15(12-16)3-5-17(21-19)13-22-7-1-2-18(14-22)23-8-10-24-11-9-23/h3-6,12,18H,1-2,7-11,13-14H2. The Hall–Kier alpha value is -1.56. The quantitative estimate of drug-likeness (QED) is 0.866. The third-order valence-electron chi connectivity index (χ3n) is 5.14. The molecule has 4 nitrogen and oxygen atoms in total. The first-order valence-electron chi connectivity index (χ1n) is 8.87. The van der Waals surface area contributed by atoms with Crippen LogP contribution in [0.1, 0.15) is 18.5 Å². The first kappa shape index (κ1) is 15.9. The summed E-state index contributed by atoms with van der Waals surface area (Å²) < 4.78 is 18.8. The minimum Gasteiger partial charge on any atom is -0.379 e. The molecular formula is C19H24FN3O. The average Bonchev–Trinajstić information content (AvgIpc) is 2.63. The summed E-state index contributed by atoms with van der Waals surface area (Å²) in [6.45, 7) is 6.93. The third kappa shape index (κ3) is 3.58. The Bertz CT molecular complexity index is 702. The van der Waals surface area contributed by atoms with Crippen LogP contribution in [-0.2, 0) is 11.3 Å². The van der Waals surface area contributed by atoms with Gasteiger partial charge in [0.05, 0.1) is 24.4 Å². The Balaban J connectivity index is 1.43. The van der Waals surface area contributed by atoms with Gasteiger partial charge >= 0.3 is 0 Å². The molecule has 2 aliphatic heterocycles. The molecule has 0 amide bonds. The van der Waals surface area contributed by atoms with Gasteiger partial charge in [-0.15, -0.1) is 0 Å². The monoisotopic (exact) mass is 329 g/mol. The van der Waals surface area contributed by atoms with Crippen molar-refractivity contribution >= 4 is 10.9 Å². The number of ether oxygens (including phenoxy) is 1. The molecule has 0 radical (unpaired) electrons. The normalized spacial score (nSPS) is 23.6. The van der Waals surface area contributed by atoms with Crippen molar-refractivity contribution in [3.8, 4) is 0 Å². The number of rotatable bonds is 3. The fourth-order valence-corrected chi connectivity index (χ4v) is 3.87. The molecule has 2 aliphatic rings. The molecule has 2 aromatic rings. The minimum atomic E-state index is -0.207. The van der Waals surface area contributed by atoms with E-state index < -0.39 is 0 Å². The zero-order valence-electron chi connectivity index (χ0n) is 14.0. The molecular weight excluding hydrogens is 305 g/mol. The second kappa shape index (κ2) is 7.13. The Labute approximate surface area is 142 Å². The molecule has 0 bridgehead atoms. The highest BCUT2D eigenvalue weighted by Gasteiger charge is 2.26. The van der Waals surface area contributed by atoms with E-state index in [1.807, 2.05) is 12.1 Å². The first-order chi connectivity index (χ1) is 11.8. The molecule has 5 heteroatoms. The van der Waals surface area contributed by atoms with Crippen molar-refractivity contribution in [1.29, 1.82) is 0 Å². The van der Waals surface area contributed by atoms with Crippen LogP contribution in [0, 0.1) is 5.82 Å². The summed E-state index contributed by atoms with van der Waals surface area (Å²) in [5.74, 6) is -0.207. The molecule has 2 fully saturated rings. The van der Waals surface area contributed by atoms with Crippen LogP contribution in [0.25, 0.3) is 10.9 Å². The van der Waals surface area contributed by atoms with Crippen LogP contribution in [0.2, 0.25) is 0 Å². The molecule has 0 saturated carbocycles. The van der Waals surface area contributed by atoms with Gasteiger partial charge in [-0.1, -0.05) is 6.07 Å². The second-order valence-electron chi connectivity index (χ2n) is 6.82. The lowest BCUT2D eigenvalue weighted by Crippen LogP contribution is -2.51. The SMILES string of the molecule is Fc1ccc2nc(CN3CCCC(N4CCOCC4)C3)ccc2c1. The van der Waals surface area contributed by atoms with Gasteiger partial charge in [0, 0.05) is 37.6 Å². The summed E-state index contributed by atoms with van der Waals surface area (Å²) in [5.41, 5.74) is 1.94. The van der Waals surface area contributed by atoms with Crippen molar-refractivity contribution in [2.45, 2.75) is 25.4 Å². The van der Waals surface area contributed by atoms with E-state index in [4.69, 9.17) is 9.72 Å². The predicted octanol–water partition coefficient (Wildman–Crippen LogP) is 2.67. The fraction of sp³-hybridized carbons (Fsp3) is 0.526. The van der Waals surface area contributed by atoms with Crippen molar-refractivity contribution in [3.63, 3.8) is 0 Å². The van der Waals surface area contributed by atoms with Crippen molar-refractivity contribution in [3.05, 3.63) is 41.8 Å². The number of likely N-dealkylation sites (tertiary alicyclic amines) is 1. The summed E-state index contributed by atoms with van der Waals surface area (Å²) in [6.07, 6.45) is 2.52. The zero-order chi connectivity index (χ0) is 16.4. The lowest BCUT2D eigenvalue weighted by Gasteiger charge is -2.40. The van der Waals surface area contributed by atoms with Crippen LogP contribution in [-0.4, -0.2) is 60.2 Å². The molecule has 4 rings (SSSR count). The summed E-state index contributed by atoms with van der Waals surface area (Å²) in [4.78, 5) is 9.78. The Kier molecular flexibility index (Phi) is 4.74. The molecule has 0 spiro atoms. The van der Waals surface area contributed by atoms with Crippen LogP contribution in [0.5, 0.6) is 0 Å². The van der Waals surface area contributed by atoms with Crippen LogP contribution in [0.4, 0.5) is 4.39 Å². The van der Waals surface area contributed by atoms with E-state index >= 15 is 0 Å². The molecule has 3 heterocycles. The number of morpholine rings is 1. The predicted molar refractivity (Wildman–Crippen MR) is 92.4 cm³/mol. The maximum absolute atomic E-state index is 13.3. The molecule has 2 saturated heterocycles. The van der Waals surface area contributed by atoms with Gasteiger partial charge in [0.25, 0.3) is 0 Å². The summed E-state index contributed by atoms with van der Waals surface area (Å²) >= 11 is 0. The number of fused-ring (bicyclic) bond motifs is 1. The highest BCUT2D eigenvalue weighted by Crippen LogP contribution is 2.20. The van der Waals surface area contributed by atoms with E-state index in [1.165, 1.54) is 18.9 Å². The van der Waals surface area contributed by atoms with Crippen molar-refractivity contribution in [2.75, 3.05) is 39.4 Å². The number of aromatic nitrogens is 1. The fourth-order valence-electron chi connectivity index (χ4n) is 3.87. The van der Waals surface area contributed by atoms with Crippen LogP contribution in [0.3, 0.4) is 0 Å². The smallest absolute Gasteiger partial charge is 0.123 e. The lowest BCUT2D eigenvalue weighted by atomic mass is 10.0. The van der Waals surface area contributed by atoms with Crippen LogP contribution in [0.15, 0.2) is 30.3 Å². The Morgan fingerprint density at radius 2 is 2.00 bits per heavy atom. The van der Waals surface area contributed by atoms with E-state index in [0.717, 1.165) is 62.5 Å². The van der Waals surface area contributed by atoms with Gasteiger partial charge in [-0.05, 0) is 43.7 Å². The average molecular weight is 329 g/mol. The highest BCUT2D eigenvalue weighted by molar-refractivity contribution is 5.78. The highest BCUT2D eigenvalue weighted by atomic mass is 19.1. The minimum absolute atomic E-state index is 0.207. The second-order valence-corrected chi connectivity index (χ2v) is 6.82. The summed E-state index contributed by atoms with van der Waals surface area (Å²) in [5, 5.41) is 0.864. The molecule has 0 aliphatic carbocycles. The number of hydrogen-bond donors (Lipinski definition) is 0. The van der Waals surface area contributed by atoms with Crippen LogP contribution >= 0.6 is 0 Å². The first-order valence-corrected chi connectivity index (χ1v) is 8.87. The maximum atomic E-state index is 13.3. The number of halogens is 1. The molecule has 1 atom stereocenters. The van der Waals surface area contributed by atoms with Gasteiger partial charge in [-0.3, -0.25) is 14.8 Å². The van der Waals surface area contributed by atoms with E-state index in [2.05, 4.69) is 9.80 Å². The van der Waals surface area contributed by atoms with Gasteiger partial charge in [0.1, 0.15) is 5.82 Å². The van der Waals surface area contributed by atoms with Crippen LogP contribution < -0.4 is 0 Å². The summed E-state index contributed by atoms with van der Waals surface area (Å²) in [7, 11) is 0. The van der Waals surface area contributed by atoms with Gasteiger partial charge in [-0.2, -0.15) is 0 Å². The van der Waals surface area contributed by atoms with E-state index in [9.17, 15) is 4.39 Å². The molecule has 128 valence electrons. The molecule has 0 N–H and O–H groups in total. The number of piperidine rings is 1. The van der Waals surface area contributed by atoms with Gasteiger partial charge in [-0.25, -0.2) is 4.39 Å². The van der Waals surface area contributed by atoms with Gasteiger partial charge in [0.2, 0.25) is 0 Å². The molecule has 1 unspecified atom stereocenters. The topological polar surface area (TPSA) is 28.6 Å². The van der Waals surface area contributed by atoms with E-state index in [0.29, 0.717) is 6.04 Å². The number of nitrogens with zero attached hydrogens (tertiary/aromatic N) is 3. The van der Waals surface area contributed by atoms with Crippen molar-refractivity contribution in [2.24, 2.45) is 0 Å². The number of pyridine rings is 1. The largest absolute Gasteiger partial charge is 0.379 e.